The monoisotopic (exact) mass is 190 g/mol. The van der Waals surface area contributed by atoms with Crippen LogP contribution in [-0.4, -0.2) is 17.6 Å². The molecule has 1 aromatic rings. The number of hydrogen-bond donors (Lipinski definition) is 1. The number of hydrogen-bond acceptors (Lipinski definition) is 1. The van der Waals surface area contributed by atoms with E-state index in [9.17, 15) is 5.11 Å². The van der Waals surface area contributed by atoms with Crippen molar-refractivity contribution in [2.75, 3.05) is 12.5 Å². The maximum absolute atomic E-state index is 9.38. The molecule has 0 aliphatic heterocycles. The molecule has 0 aromatic heterocycles. The molecule has 0 atom stereocenters. The lowest BCUT2D eigenvalue weighted by Crippen LogP contribution is -1.86. The van der Waals surface area contributed by atoms with Crippen LogP contribution in [0.2, 0.25) is 0 Å². The number of aromatic hydroxyl groups is 1. The van der Waals surface area contributed by atoms with Gasteiger partial charge in [-0.3, -0.25) is 0 Å². The summed E-state index contributed by atoms with van der Waals surface area (Å²) < 4.78 is 0. The molecule has 3 heteroatoms. The summed E-state index contributed by atoms with van der Waals surface area (Å²) in [5.74, 6) is 0.294. The minimum Gasteiger partial charge on any atom is -0.507 e. The molecule has 0 amide bonds. The Morgan fingerprint density at radius 1 is 1.27 bits per heavy atom. The third kappa shape index (κ3) is 2.04. The molecular weight excluding hydrogens is 180 g/mol. The van der Waals surface area contributed by atoms with E-state index in [-0.39, 0.29) is 0 Å². The fourth-order valence-electron chi connectivity index (χ4n) is 0.868. The summed E-state index contributed by atoms with van der Waals surface area (Å²) in [6.07, 6.45) is 3.87. The number of para-hydroxylation sites is 1. The summed E-state index contributed by atoms with van der Waals surface area (Å²) >= 11 is 0. The lowest BCUT2D eigenvalue weighted by atomic mass is 10.3. The first-order valence-electron chi connectivity index (χ1n) is 3.23. The van der Waals surface area contributed by atoms with Crippen LogP contribution < -0.4 is 0 Å². The van der Waals surface area contributed by atoms with E-state index in [2.05, 4.69) is 0 Å². The molecule has 0 aliphatic carbocycles. The molecule has 0 aliphatic rings. The van der Waals surface area contributed by atoms with Gasteiger partial charge < -0.3 is 5.11 Å². The predicted octanol–water partition coefficient (Wildman–Crippen LogP) is 2.97. The third-order valence-corrected chi connectivity index (χ3v) is 3.28. The van der Waals surface area contributed by atoms with E-state index in [1.165, 1.54) is 0 Å². The molecule has 0 saturated carbocycles. The zero-order valence-corrected chi connectivity index (χ0v) is 8.12. The highest BCUT2D eigenvalue weighted by Crippen LogP contribution is 2.56. The van der Waals surface area contributed by atoms with Crippen molar-refractivity contribution in [2.24, 2.45) is 0 Å². The van der Waals surface area contributed by atoms with Crippen molar-refractivity contribution in [3.8, 4) is 5.75 Å². The summed E-state index contributed by atoms with van der Waals surface area (Å²) in [5.41, 5.74) is 0. The Bertz CT molecular complexity index is 255. The second-order valence-corrected chi connectivity index (χ2v) is 7.83. The van der Waals surface area contributed by atoms with Crippen LogP contribution in [0.25, 0.3) is 0 Å². The molecule has 62 valence electrons. The maximum Gasteiger partial charge on any atom is 0.128 e. The summed E-state index contributed by atoms with van der Waals surface area (Å²) in [4.78, 5) is 0.849. The zero-order chi connectivity index (χ0) is 8.48. The van der Waals surface area contributed by atoms with Crippen LogP contribution in [0.1, 0.15) is 0 Å². The highest BCUT2D eigenvalue weighted by molar-refractivity contribution is 8.50. The molecule has 0 saturated heterocycles. The molecular formula is C8H11ClOS. The van der Waals surface area contributed by atoms with Gasteiger partial charge in [-0.1, -0.05) is 22.8 Å². The van der Waals surface area contributed by atoms with Crippen molar-refractivity contribution < 1.29 is 5.11 Å². The van der Waals surface area contributed by atoms with Gasteiger partial charge in [0.2, 0.25) is 0 Å². The minimum absolute atomic E-state index is 0.294. The Balaban J connectivity index is 3.14. The van der Waals surface area contributed by atoms with Crippen molar-refractivity contribution in [2.45, 2.75) is 4.90 Å². The fourth-order valence-corrected chi connectivity index (χ4v) is 2.23. The number of phenolic OH excluding ortho intramolecular Hbond substituents is 1. The molecule has 11 heavy (non-hydrogen) atoms. The first-order chi connectivity index (χ1) is 5.02. The van der Waals surface area contributed by atoms with Gasteiger partial charge in [-0.25, -0.2) is 0 Å². The maximum atomic E-state index is 9.38. The Labute approximate surface area is 72.8 Å². The molecule has 0 bridgehead atoms. The van der Waals surface area contributed by atoms with Gasteiger partial charge in [0.15, 0.2) is 0 Å². The van der Waals surface area contributed by atoms with Crippen molar-refractivity contribution in [1.29, 1.82) is 0 Å². The molecule has 1 N–H and O–H groups in total. The number of phenols is 1. The van der Waals surface area contributed by atoms with Crippen LogP contribution in [0.3, 0.4) is 0 Å². The Morgan fingerprint density at radius 2 is 1.82 bits per heavy atom. The lowest BCUT2D eigenvalue weighted by Gasteiger charge is -2.22. The van der Waals surface area contributed by atoms with Gasteiger partial charge in [0.1, 0.15) is 5.75 Å². The van der Waals surface area contributed by atoms with Gasteiger partial charge in [0, 0.05) is 4.90 Å². The summed E-state index contributed by atoms with van der Waals surface area (Å²) in [7, 11) is 4.78. The molecule has 0 spiro atoms. The molecule has 1 aromatic carbocycles. The number of halogens is 1. The van der Waals surface area contributed by atoms with Crippen molar-refractivity contribution in [3.05, 3.63) is 24.3 Å². The van der Waals surface area contributed by atoms with Crippen LogP contribution >= 0.6 is 19.9 Å². The van der Waals surface area contributed by atoms with Crippen molar-refractivity contribution in [3.63, 3.8) is 0 Å². The third-order valence-electron chi connectivity index (χ3n) is 1.39. The Morgan fingerprint density at radius 3 is 2.18 bits per heavy atom. The minimum atomic E-state index is -1.31. The largest absolute Gasteiger partial charge is 0.507 e. The second-order valence-electron chi connectivity index (χ2n) is 2.67. The number of benzene rings is 1. The molecule has 0 unspecified atom stereocenters. The van der Waals surface area contributed by atoms with Gasteiger partial charge in [-0.05, 0) is 24.6 Å². The molecule has 1 rings (SSSR count). The highest BCUT2D eigenvalue weighted by atomic mass is 35.7. The van der Waals surface area contributed by atoms with E-state index in [0.29, 0.717) is 5.75 Å². The quantitative estimate of drug-likeness (QED) is 0.722. The first-order valence-corrected chi connectivity index (χ1v) is 6.50. The van der Waals surface area contributed by atoms with Crippen LogP contribution in [-0.2, 0) is 0 Å². The van der Waals surface area contributed by atoms with Crippen LogP contribution in [0.15, 0.2) is 29.2 Å². The smallest absolute Gasteiger partial charge is 0.128 e. The summed E-state index contributed by atoms with van der Waals surface area (Å²) in [5, 5.41) is 9.38. The molecule has 1 nitrogen and oxygen atoms in total. The summed E-state index contributed by atoms with van der Waals surface area (Å²) in [6.45, 7) is 0. The fraction of sp³-hybridized carbons (Fsp3) is 0.250. The van der Waals surface area contributed by atoms with Crippen molar-refractivity contribution in [1.82, 2.24) is 0 Å². The molecule has 0 fully saturated rings. The van der Waals surface area contributed by atoms with Gasteiger partial charge in [-0.2, -0.15) is 0 Å². The van der Waals surface area contributed by atoms with Gasteiger partial charge in [0.05, 0.1) is 0 Å². The Kier molecular flexibility index (Phi) is 2.35. The van der Waals surface area contributed by atoms with Crippen molar-refractivity contribution >= 4 is 19.9 Å². The van der Waals surface area contributed by atoms with Crippen LogP contribution in [0, 0.1) is 0 Å². The van der Waals surface area contributed by atoms with E-state index in [1.54, 1.807) is 12.1 Å². The highest BCUT2D eigenvalue weighted by Gasteiger charge is 2.13. The standard InChI is InChI=1S/C8H11ClOS/c1-11(2,9)8-6-4-3-5-7(8)10/h3-6,10H,1-2H3. The molecule has 0 heterocycles. The van der Waals surface area contributed by atoms with E-state index in [0.717, 1.165) is 4.90 Å². The second kappa shape index (κ2) is 2.95. The van der Waals surface area contributed by atoms with Gasteiger partial charge >= 0.3 is 0 Å². The normalized spacial score (nSPS) is 13.0. The van der Waals surface area contributed by atoms with E-state index in [1.807, 2.05) is 24.6 Å². The molecule has 0 radical (unpaired) electrons. The average Bonchev–Trinajstić information content (AvgIpc) is 1.86. The van der Waals surface area contributed by atoms with E-state index >= 15 is 0 Å². The van der Waals surface area contributed by atoms with E-state index in [4.69, 9.17) is 10.7 Å². The van der Waals surface area contributed by atoms with E-state index < -0.39 is 9.24 Å². The lowest BCUT2D eigenvalue weighted by molar-refractivity contribution is 0.462. The first kappa shape index (κ1) is 8.75. The average molecular weight is 191 g/mol. The van der Waals surface area contributed by atoms with Gasteiger partial charge in [0.25, 0.3) is 0 Å². The van der Waals surface area contributed by atoms with Crippen LogP contribution in [0.4, 0.5) is 0 Å². The topological polar surface area (TPSA) is 20.2 Å². The SMILES string of the molecule is CS(C)(Cl)c1ccccc1O. The van der Waals surface area contributed by atoms with Gasteiger partial charge in [-0.15, -0.1) is 9.24 Å². The zero-order valence-electron chi connectivity index (χ0n) is 6.54. The number of rotatable bonds is 1. The van der Waals surface area contributed by atoms with Crippen LogP contribution in [0.5, 0.6) is 5.75 Å². The predicted molar refractivity (Wildman–Crippen MR) is 51.7 cm³/mol. The summed E-state index contributed by atoms with van der Waals surface area (Å²) in [6, 6.07) is 7.19. The Hall–Kier alpha value is -0.340.